The molecule has 1 aromatic rings. The number of hydrogen-bond donors (Lipinski definition) is 1. The number of hydrogen-bond acceptors (Lipinski definition) is 5. The van der Waals surface area contributed by atoms with Crippen molar-refractivity contribution in [3.05, 3.63) is 34.7 Å². The molecule has 1 aliphatic heterocycles. The maximum absolute atomic E-state index is 11.4. The van der Waals surface area contributed by atoms with Gasteiger partial charge in [-0.25, -0.2) is 0 Å². The number of methoxy groups -OCH3 is 2. The predicted octanol–water partition coefficient (Wildman–Crippen LogP) is 0.932. The molecule has 96 valence electrons. The molecule has 1 N–H and O–H groups in total. The van der Waals surface area contributed by atoms with Crippen LogP contribution in [0.25, 0.3) is 6.08 Å². The Kier molecular flexibility index (Phi) is 3.38. The molecule has 1 saturated heterocycles. The predicted molar refractivity (Wildman–Crippen MR) is 65.7 cm³/mol. The molecule has 6 heteroatoms. The number of nitrogens with one attached hydrogen (secondary N) is 1. The molecule has 6 nitrogen and oxygen atoms in total. The third kappa shape index (κ3) is 2.23. The van der Waals surface area contributed by atoms with E-state index in [4.69, 9.17) is 9.47 Å². The van der Waals surface area contributed by atoms with Gasteiger partial charge in [-0.2, -0.15) is 0 Å². The van der Waals surface area contributed by atoms with Gasteiger partial charge in [-0.1, -0.05) is 6.07 Å². The number of rotatable bonds is 3. The minimum Gasteiger partial charge on any atom is -0.757 e. The van der Waals surface area contributed by atoms with Crippen molar-refractivity contribution in [1.82, 2.24) is 10.4 Å². The van der Waals surface area contributed by atoms with Crippen LogP contribution in [-0.4, -0.2) is 31.9 Å². The minimum atomic E-state index is -0.375. The first-order chi connectivity index (χ1) is 8.65. The van der Waals surface area contributed by atoms with Gasteiger partial charge in [-0.15, -0.1) is 0 Å². The van der Waals surface area contributed by atoms with Gasteiger partial charge >= 0.3 is 0 Å². The first-order valence-corrected chi connectivity index (χ1v) is 5.32. The molecule has 1 fully saturated rings. The number of carbonyl (C=O) groups is 1. The normalized spacial score (nSPS) is 16.9. The highest BCUT2D eigenvalue weighted by Gasteiger charge is 2.18. The number of carbonyl (C=O) groups excluding carboxylic acids is 1. The fourth-order valence-electron chi connectivity index (χ4n) is 1.67. The van der Waals surface area contributed by atoms with Gasteiger partial charge in [0.1, 0.15) is 0 Å². The number of amides is 1. The summed E-state index contributed by atoms with van der Waals surface area (Å²) >= 11 is 0. The summed E-state index contributed by atoms with van der Waals surface area (Å²) in [6.45, 7) is -0.0159. The molecule has 0 unspecified atom stereocenters. The molecular weight excluding hydrogens is 236 g/mol. The summed E-state index contributed by atoms with van der Waals surface area (Å²) in [5.41, 5.74) is 0.780. The lowest BCUT2D eigenvalue weighted by Gasteiger charge is -2.22. The maximum Gasteiger partial charge on any atom is 0.268 e. The van der Waals surface area contributed by atoms with Crippen LogP contribution in [0.4, 0.5) is 0 Å². The Bertz CT molecular complexity index is 499. The summed E-state index contributed by atoms with van der Waals surface area (Å²) in [6, 6.07) is 5.16. The second-order valence-corrected chi connectivity index (χ2v) is 3.69. The van der Waals surface area contributed by atoms with E-state index in [1.54, 1.807) is 25.3 Å². The lowest BCUT2D eigenvalue weighted by molar-refractivity contribution is -0.116. The number of ether oxygens (including phenoxy) is 2. The maximum atomic E-state index is 11.4. The zero-order chi connectivity index (χ0) is 13.1. The Morgan fingerprint density at radius 2 is 2.06 bits per heavy atom. The van der Waals surface area contributed by atoms with Crippen LogP contribution in [0.2, 0.25) is 0 Å². The SMILES string of the molecule is COc1ccc(/C=C2/C(=O)NCN2[O-])cc1OC. The highest BCUT2D eigenvalue weighted by atomic mass is 16.5. The third-order valence-corrected chi connectivity index (χ3v) is 2.60. The standard InChI is InChI=1S/C12H13N2O4/c1-17-10-4-3-8(6-11(10)18-2)5-9-12(15)13-7-14(9)16/h3-6H,7H2,1-2H3,(H,13,15)/q-1/b9-5-. The average molecular weight is 249 g/mol. The second-order valence-electron chi connectivity index (χ2n) is 3.69. The van der Waals surface area contributed by atoms with Crippen LogP contribution >= 0.6 is 0 Å². The van der Waals surface area contributed by atoms with Gasteiger partial charge in [0.2, 0.25) is 0 Å². The first-order valence-electron chi connectivity index (χ1n) is 5.32. The summed E-state index contributed by atoms with van der Waals surface area (Å²) in [4.78, 5) is 11.4. The van der Waals surface area contributed by atoms with Gasteiger partial charge in [0.05, 0.1) is 26.6 Å². The summed E-state index contributed by atoms with van der Waals surface area (Å²) in [5.74, 6) is 0.761. The fourth-order valence-corrected chi connectivity index (χ4v) is 1.67. The molecule has 1 amide bonds. The van der Waals surface area contributed by atoms with Crippen molar-refractivity contribution in [2.75, 3.05) is 20.9 Å². The molecular formula is C12H13N2O4-. The largest absolute Gasteiger partial charge is 0.757 e. The van der Waals surface area contributed by atoms with Gasteiger partial charge in [-0.3, -0.25) is 4.79 Å². The van der Waals surface area contributed by atoms with Crippen LogP contribution in [0.1, 0.15) is 5.56 Å². The third-order valence-electron chi connectivity index (χ3n) is 2.60. The Morgan fingerprint density at radius 1 is 1.33 bits per heavy atom. The number of nitrogens with zero attached hydrogens (tertiary/aromatic N) is 1. The number of benzene rings is 1. The van der Waals surface area contributed by atoms with Crippen LogP contribution in [0.15, 0.2) is 23.9 Å². The van der Waals surface area contributed by atoms with E-state index >= 15 is 0 Å². The van der Waals surface area contributed by atoms with Crippen molar-refractivity contribution < 1.29 is 14.3 Å². The Balaban J connectivity index is 2.34. The smallest absolute Gasteiger partial charge is 0.268 e. The van der Waals surface area contributed by atoms with Crippen molar-refractivity contribution >= 4 is 12.0 Å². The zero-order valence-electron chi connectivity index (χ0n) is 10.1. The quantitative estimate of drug-likeness (QED) is 0.807. The van der Waals surface area contributed by atoms with Crippen LogP contribution < -0.4 is 14.8 Å². The van der Waals surface area contributed by atoms with E-state index in [0.717, 1.165) is 0 Å². The summed E-state index contributed by atoms with van der Waals surface area (Å²) in [6.07, 6.45) is 1.51. The van der Waals surface area contributed by atoms with Gasteiger partial charge in [-0.05, 0) is 23.8 Å². The Labute approximate surface area is 104 Å². The number of hydroxylamine groups is 2. The van der Waals surface area contributed by atoms with Crippen LogP contribution in [0.5, 0.6) is 11.5 Å². The van der Waals surface area contributed by atoms with E-state index in [0.29, 0.717) is 22.1 Å². The molecule has 0 radical (unpaired) electrons. The van der Waals surface area contributed by atoms with Crippen molar-refractivity contribution in [2.45, 2.75) is 0 Å². The van der Waals surface area contributed by atoms with E-state index in [1.807, 2.05) is 0 Å². The molecule has 0 spiro atoms. The molecule has 1 aliphatic rings. The van der Waals surface area contributed by atoms with Crippen LogP contribution in [-0.2, 0) is 4.79 Å². The van der Waals surface area contributed by atoms with E-state index in [1.165, 1.54) is 13.2 Å². The van der Waals surface area contributed by atoms with Gasteiger partial charge in [0.15, 0.2) is 11.5 Å². The lowest BCUT2D eigenvalue weighted by atomic mass is 10.1. The van der Waals surface area contributed by atoms with Crippen LogP contribution in [0, 0.1) is 5.21 Å². The fraction of sp³-hybridized carbons (Fsp3) is 0.250. The van der Waals surface area contributed by atoms with Gasteiger partial charge < -0.3 is 25.1 Å². The molecule has 1 aromatic carbocycles. The van der Waals surface area contributed by atoms with Crippen molar-refractivity contribution in [1.29, 1.82) is 0 Å². The van der Waals surface area contributed by atoms with Crippen molar-refractivity contribution in [3.63, 3.8) is 0 Å². The van der Waals surface area contributed by atoms with E-state index < -0.39 is 0 Å². The highest BCUT2D eigenvalue weighted by molar-refractivity contribution is 5.99. The van der Waals surface area contributed by atoms with E-state index in [9.17, 15) is 10.0 Å². The molecule has 2 rings (SSSR count). The topological polar surface area (TPSA) is 73.9 Å². The highest BCUT2D eigenvalue weighted by Crippen LogP contribution is 2.28. The molecule has 0 atom stereocenters. The van der Waals surface area contributed by atoms with E-state index in [-0.39, 0.29) is 18.3 Å². The summed E-state index contributed by atoms with van der Waals surface area (Å²) in [7, 11) is 3.07. The monoisotopic (exact) mass is 249 g/mol. The van der Waals surface area contributed by atoms with Crippen molar-refractivity contribution in [3.8, 4) is 11.5 Å². The molecule has 1 heterocycles. The van der Waals surface area contributed by atoms with Crippen molar-refractivity contribution in [2.24, 2.45) is 0 Å². The lowest BCUT2D eigenvalue weighted by Crippen LogP contribution is -2.15. The molecule has 0 bridgehead atoms. The first kappa shape index (κ1) is 12.3. The van der Waals surface area contributed by atoms with Crippen LogP contribution in [0.3, 0.4) is 0 Å². The zero-order valence-corrected chi connectivity index (χ0v) is 10.1. The van der Waals surface area contributed by atoms with Gasteiger partial charge in [0, 0.05) is 0 Å². The summed E-state index contributed by atoms with van der Waals surface area (Å²) < 4.78 is 10.3. The minimum absolute atomic E-state index is 0.0159. The molecule has 0 aromatic heterocycles. The molecule has 0 saturated carbocycles. The Morgan fingerprint density at radius 3 is 2.61 bits per heavy atom. The Hall–Kier alpha value is -2.21. The second kappa shape index (κ2) is 4.97. The molecule has 0 aliphatic carbocycles. The van der Waals surface area contributed by atoms with Gasteiger partial charge in [0.25, 0.3) is 5.91 Å². The summed E-state index contributed by atoms with van der Waals surface area (Å²) in [5, 5.41) is 14.4. The molecule has 18 heavy (non-hydrogen) atoms. The average Bonchev–Trinajstić information content (AvgIpc) is 2.70. The van der Waals surface area contributed by atoms with E-state index in [2.05, 4.69) is 5.32 Å².